The van der Waals surface area contributed by atoms with Crippen molar-refractivity contribution in [2.45, 2.75) is 304 Å². The lowest BCUT2D eigenvalue weighted by atomic mass is 9.93. The topological polar surface area (TPSA) is 779 Å². The molecule has 648 valence electrons. The first-order valence-electron chi connectivity index (χ1n) is 35.6. The van der Waals surface area contributed by atoms with Gasteiger partial charge in [-0.2, -0.15) is 0 Å². The van der Waals surface area contributed by atoms with Gasteiger partial charge in [-0.25, -0.2) is 0 Å². The van der Waals surface area contributed by atoms with Crippen molar-refractivity contribution >= 4 is 23.6 Å². The zero-order chi connectivity index (χ0) is 82.5. The zero-order valence-electron chi connectivity index (χ0n) is 60.1. The largest absolute Gasteiger partial charge is 0.394 e. The molecular weight excluding hydrogens is 1540 g/mol. The summed E-state index contributed by atoms with van der Waals surface area (Å²) in [5, 5.41) is 288. The van der Waals surface area contributed by atoms with Crippen LogP contribution in [0.15, 0.2) is 0 Å². The molecule has 9 saturated heterocycles. The number of aliphatic hydroxyl groups excluding tert-OH is 25. The van der Waals surface area contributed by atoms with E-state index in [1.165, 1.54) is 0 Å². The molecule has 0 bridgehead atoms. The number of rotatable bonds is 29. The van der Waals surface area contributed by atoms with Gasteiger partial charge in [0, 0.05) is 27.7 Å². The minimum atomic E-state index is -2.61. The summed E-state index contributed by atoms with van der Waals surface area (Å²) in [6.45, 7) is -6.19. The van der Waals surface area contributed by atoms with Gasteiger partial charge in [0.1, 0.15) is 219 Å². The molecule has 112 heavy (non-hydrogen) atoms. The smallest absolute Gasteiger partial charge is 0.217 e. The number of ether oxygens (including phenoxy) is 17. The number of nitrogens with one attached hydrogen (secondary N) is 4. The number of hydrogen-bond donors (Lipinski definition) is 29. The van der Waals surface area contributed by atoms with E-state index in [2.05, 4.69) is 21.3 Å². The van der Waals surface area contributed by atoms with Crippen LogP contribution in [0.2, 0.25) is 0 Å². The number of carbonyl (C=O) groups excluding carboxylic acids is 4. The third kappa shape index (κ3) is 20.4. The van der Waals surface area contributed by atoms with Crippen molar-refractivity contribution < 1.29 is 227 Å². The molecule has 9 aliphatic rings. The highest BCUT2D eigenvalue weighted by Crippen LogP contribution is 2.40. The van der Waals surface area contributed by atoms with Crippen molar-refractivity contribution in [2.24, 2.45) is 0 Å². The molecule has 0 aromatic heterocycles. The fourth-order valence-electron chi connectivity index (χ4n) is 14.4. The Hall–Kier alpha value is -3.80. The van der Waals surface area contributed by atoms with Gasteiger partial charge in [0.2, 0.25) is 23.6 Å². The van der Waals surface area contributed by atoms with E-state index in [0.29, 0.717) is 0 Å². The van der Waals surface area contributed by atoms with E-state index in [-0.39, 0.29) is 0 Å². The van der Waals surface area contributed by atoms with E-state index in [9.17, 15) is 147 Å². The zero-order valence-corrected chi connectivity index (χ0v) is 60.1. The van der Waals surface area contributed by atoms with Gasteiger partial charge in [0.15, 0.2) is 56.6 Å². The number of carbonyl (C=O) groups is 4. The first kappa shape index (κ1) is 92.1. The molecule has 0 saturated carbocycles. The Morgan fingerprint density at radius 3 is 0.982 bits per heavy atom. The molecule has 0 aromatic rings. The summed E-state index contributed by atoms with van der Waals surface area (Å²) in [6.07, 6.45) is -87.6. The second-order valence-corrected chi connectivity index (χ2v) is 28.2. The Morgan fingerprint density at radius 2 is 0.518 bits per heavy atom. The standard InChI is InChI=1S/C62H104N4O46/c1-14(74)63-27-39(86)48(23(10-72)98-54(27)95)107-57-30(66-17(4)77)40(87)49(24(11-73)104-57)108-61-47(94)52(111-60-45(92)42(89)34(81)21(8-70)102-60)50(109-55-28(64-15(2)75)37(84)31(78)18(5-67)99-55)26(106-61)13-97-59-46(93)51(36(83)25(105-59)12-96-58-44(91)41(88)33(80)20(7-69)101-58)110-62-53(43(90)35(82)22(9-71)103-62)112-56-29(65-16(3)76)38(85)32(79)19(6-68)100-56/h18-62,67-73,78-95H,5-13H2,1-4H3,(H,63,74)(H,64,75)(H,65,76)(H,66,77)/t18-,19-,20-,21-,22-,23-,24-,25-,26-,27-,28-,29-,30-,31-,32-,33-,34-,35-,36-,37-,38-,39-,40-,41+,42+,43+,44+,45+,46+,47+,48-,49-,50-,51+,52-,53+,54-,55+,56+,57+,58+,59+,60-,61+,62-/m1/s1. The minimum absolute atomic E-state index is 0.795. The van der Waals surface area contributed by atoms with Crippen LogP contribution in [-0.2, 0) is 99.7 Å². The van der Waals surface area contributed by atoms with Gasteiger partial charge in [-0.15, -0.1) is 0 Å². The predicted molar refractivity (Wildman–Crippen MR) is 343 cm³/mol. The molecule has 4 amide bonds. The van der Waals surface area contributed by atoms with Crippen molar-refractivity contribution in [2.75, 3.05) is 59.5 Å². The molecule has 9 rings (SSSR count). The molecule has 29 N–H and O–H groups in total. The van der Waals surface area contributed by atoms with Gasteiger partial charge in [-0.3, -0.25) is 19.2 Å². The van der Waals surface area contributed by atoms with Crippen LogP contribution in [0.3, 0.4) is 0 Å². The van der Waals surface area contributed by atoms with Gasteiger partial charge in [-0.1, -0.05) is 0 Å². The van der Waals surface area contributed by atoms with Crippen LogP contribution in [0, 0.1) is 0 Å². The first-order chi connectivity index (χ1) is 53.0. The van der Waals surface area contributed by atoms with Gasteiger partial charge in [-0.05, 0) is 0 Å². The van der Waals surface area contributed by atoms with Crippen molar-refractivity contribution in [1.29, 1.82) is 0 Å². The van der Waals surface area contributed by atoms with E-state index in [1.54, 1.807) is 0 Å². The third-order valence-electron chi connectivity index (χ3n) is 20.3. The quantitative estimate of drug-likeness (QED) is 0.0331. The SMILES string of the molecule is CC(=O)N[C@@H]1[C@@H](O)[C@H](O[C@@H]2O[C@H](CO)[C@@H](O[C@@H]3O[C@H](CO[C@H]4O[C@H](CO[C@H]5O[C@H](CO)[C@@H](O)[C@H](O)[C@@H]5O)[C@@H](O)[C@H](O[C@H]5O[C@H](CO)[C@@H](O)[C@H](O)[C@@H]5O[C@@H]5O[C@H](CO)[C@@H](O)[C@H](O)[C@H]5NC(C)=O)[C@@H]4O)[C@@H](O[C@@H]4O[C@H](CO)[C@@H](O)[C@H](O)[C@H]4NC(C)=O)[C@H](O[C@H]4O[C@H](CO)[C@@H](O)[C@H](O)[C@@H]4O)[C@@H]3O)[C@H](O)[C@H]2NC(C)=O)[C@@H](CO)O[C@H]1O. The summed E-state index contributed by atoms with van der Waals surface area (Å²) in [7, 11) is 0. The molecule has 0 aromatic carbocycles. The van der Waals surface area contributed by atoms with E-state index in [1.807, 2.05) is 0 Å². The molecule has 50 nitrogen and oxygen atoms in total. The maximum absolute atomic E-state index is 13.1. The van der Waals surface area contributed by atoms with Crippen LogP contribution in [0.4, 0.5) is 0 Å². The van der Waals surface area contributed by atoms with Crippen molar-refractivity contribution in [3.05, 3.63) is 0 Å². The van der Waals surface area contributed by atoms with Gasteiger partial charge in [0.05, 0.1) is 59.5 Å². The summed E-state index contributed by atoms with van der Waals surface area (Å²) in [5.74, 6) is -3.58. The molecule has 9 fully saturated rings. The van der Waals surface area contributed by atoms with Crippen LogP contribution in [-0.4, -0.2) is 487 Å². The minimum Gasteiger partial charge on any atom is -0.394 e. The van der Waals surface area contributed by atoms with E-state index in [0.717, 1.165) is 27.7 Å². The molecule has 45 atom stereocenters. The molecular formula is C62H104N4O46. The van der Waals surface area contributed by atoms with Crippen LogP contribution in [0.1, 0.15) is 27.7 Å². The van der Waals surface area contributed by atoms with Gasteiger partial charge in [0.25, 0.3) is 0 Å². The maximum atomic E-state index is 13.1. The summed E-state index contributed by atoms with van der Waals surface area (Å²) in [6, 6.07) is -7.34. The Morgan fingerprint density at radius 1 is 0.232 bits per heavy atom. The summed E-state index contributed by atoms with van der Waals surface area (Å²) >= 11 is 0. The Labute approximate surface area is 634 Å². The molecule has 0 aliphatic carbocycles. The average Bonchev–Trinajstić information content (AvgIpc) is 0.763. The number of hydrogen-bond acceptors (Lipinski definition) is 46. The van der Waals surface area contributed by atoms with E-state index >= 15 is 0 Å². The number of aliphatic hydroxyl groups is 25. The Balaban J connectivity index is 1.13. The van der Waals surface area contributed by atoms with Crippen LogP contribution < -0.4 is 21.3 Å². The molecule has 9 aliphatic heterocycles. The van der Waals surface area contributed by atoms with Gasteiger partial charge < -0.3 is 229 Å². The van der Waals surface area contributed by atoms with Crippen LogP contribution >= 0.6 is 0 Å². The highest BCUT2D eigenvalue weighted by atomic mass is 16.8. The monoisotopic (exact) mass is 1640 g/mol. The highest BCUT2D eigenvalue weighted by Gasteiger charge is 2.61. The molecule has 0 radical (unpaired) electrons. The summed E-state index contributed by atoms with van der Waals surface area (Å²) in [5.41, 5.74) is 0. The van der Waals surface area contributed by atoms with E-state index < -0.39 is 359 Å². The third-order valence-corrected chi connectivity index (χ3v) is 20.3. The fourth-order valence-corrected chi connectivity index (χ4v) is 14.4. The van der Waals surface area contributed by atoms with Crippen LogP contribution in [0.5, 0.6) is 0 Å². The predicted octanol–water partition coefficient (Wildman–Crippen LogP) is -20.1. The molecule has 0 spiro atoms. The van der Waals surface area contributed by atoms with Gasteiger partial charge >= 0.3 is 0 Å². The summed E-state index contributed by atoms with van der Waals surface area (Å²) < 4.78 is 102. The fraction of sp³-hybridized carbons (Fsp3) is 0.935. The van der Waals surface area contributed by atoms with Crippen LogP contribution in [0.25, 0.3) is 0 Å². The summed E-state index contributed by atoms with van der Waals surface area (Å²) in [4.78, 5) is 50.6. The highest BCUT2D eigenvalue weighted by molar-refractivity contribution is 5.74. The normalized spacial score (nSPS) is 48.9. The number of amides is 4. The molecule has 0 unspecified atom stereocenters. The first-order valence-corrected chi connectivity index (χ1v) is 35.6. The Kier molecular flexibility index (Phi) is 33.1. The average molecular weight is 1640 g/mol. The maximum Gasteiger partial charge on any atom is 0.217 e. The van der Waals surface area contributed by atoms with Crippen molar-refractivity contribution in [3.8, 4) is 0 Å². The molecule has 50 heteroatoms. The Bertz CT molecular complexity index is 2970. The van der Waals surface area contributed by atoms with Crippen molar-refractivity contribution in [3.63, 3.8) is 0 Å². The lowest BCUT2D eigenvalue weighted by Gasteiger charge is -2.52. The second kappa shape index (κ2) is 40.3. The van der Waals surface area contributed by atoms with Crippen molar-refractivity contribution in [1.82, 2.24) is 21.3 Å². The van der Waals surface area contributed by atoms with E-state index in [4.69, 9.17) is 80.5 Å². The lowest BCUT2D eigenvalue weighted by Crippen LogP contribution is -2.71. The molecule has 9 heterocycles. The second-order valence-electron chi connectivity index (χ2n) is 28.2. The lowest BCUT2D eigenvalue weighted by molar-refractivity contribution is -0.402.